The van der Waals surface area contributed by atoms with Crippen LogP contribution in [0.2, 0.25) is 0 Å². The van der Waals surface area contributed by atoms with E-state index in [4.69, 9.17) is 5.73 Å². The van der Waals surface area contributed by atoms with Gasteiger partial charge in [-0.3, -0.25) is 0 Å². The fourth-order valence-electron chi connectivity index (χ4n) is 1.72. The molecule has 0 fully saturated rings. The Morgan fingerprint density at radius 2 is 2.14 bits per heavy atom. The van der Waals surface area contributed by atoms with E-state index in [-0.39, 0.29) is 23.2 Å². The van der Waals surface area contributed by atoms with Crippen molar-refractivity contribution < 1.29 is 12.8 Å². The Labute approximate surface area is 122 Å². The molecule has 0 aliphatic heterocycles. The first-order valence-electron chi connectivity index (χ1n) is 6.45. The molecule has 1 atom stereocenters. The van der Waals surface area contributed by atoms with Crippen LogP contribution in [0.1, 0.15) is 13.3 Å². The summed E-state index contributed by atoms with van der Waals surface area (Å²) in [7, 11) is -3.67. The number of nitrogens with two attached hydrogens (primary N) is 1. The van der Waals surface area contributed by atoms with E-state index < -0.39 is 15.8 Å². The minimum Gasteiger partial charge on any atom is -0.328 e. The Bertz CT molecular complexity index is 712. The molecule has 0 amide bonds. The molecule has 0 spiro atoms. The lowest BCUT2D eigenvalue weighted by Crippen LogP contribution is -2.28. The molecular weight excluding hydrogens is 295 g/mol. The first-order valence-corrected chi connectivity index (χ1v) is 7.93. The zero-order valence-electron chi connectivity index (χ0n) is 11.5. The van der Waals surface area contributed by atoms with Crippen LogP contribution in [0.15, 0.2) is 41.6 Å². The highest BCUT2D eigenvalue weighted by Gasteiger charge is 2.17. The molecule has 0 saturated carbocycles. The largest absolute Gasteiger partial charge is 0.328 e. The van der Waals surface area contributed by atoms with Gasteiger partial charge in [-0.15, -0.1) is 0 Å². The molecule has 6 nitrogen and oxygen atoms in total. The number of sulfonamides is 1. The highest BCUT2D eigenvalue weighted by atomic mass is 32.2. The highest BCUT2D eigenvalue weighted by molar-refractivity contribution is 7.89. The number of aromatic nitrogens is 2. The average molecular weight is 312 g/mol. The van der Waals surface area contributed by atoms with E-state index >= 15 is 0 Å². The van der Waals surface area contributed by atoms with E-state index in [9.17, 15) is 12.8 Å². The second-order valence-corrected chi connectivity index (χ2v) is 6.50. The van der Waals surface area contributed by atoms with Crippen molar-refractivity contribution in [1.29, 1.82) is 0 Å². The van der Waals surface area contributed by atoms with Crippen LogP contribution in [0.25, 0.3) is 5.69 Å². The molecule has 1 aromatic carbocycles. The van der Waals surface area contributed by atoms with Crippen LogP contribution in [0.4, 0.5) is 4.39 Å². The molecule has 0 aliphatic rings. The summed E-state index contributed by atoms with van der Waals surface area (Å²) in [4.78, 5) is -0.0181. The van der Waals surface area contributed by atoms with Crippen molar-refractivity contribution in [2.45, 2.75) is 24.3 Å². The highest BCUT2D eigenvalue weighted by Crippen LogP contribution is 2.15. The van der Waals surface area contributed by atoms with Crippen molar-refractivity contribution in [2.75, 3.05) is 6.54 Å². The Hall–Kier alpha value is -1.77. The van der Waals surface area contributed by atoms with Gasteiger partial charge in [0.2, 0.25) is 10.0 Å². The van der Waals surface area contributed by atoms with Crippen molar-refractivity contribution in [2.24, 2.45) is 5.73 Å². The molecule has 3 N–H and O–H groups in total. The molecule has 2 aromatic rings. The third-order valence-electron chi connectivity index (χ3n) is 2.86. The lowest BCUT2D eigenvalue weighted by atomic mass is 10.3. The summed E-state index contributed by atoms with van der Waals surface area (Å²) in [6.45, 7) is 2.04. The molecule has 0 aliphatic carbocycles. The van der Waals surface area contributed by atoms with Crippen LogP contribution in [0, 0.1) is 5.82 Å². The van der Waals surface area contributed by atoms with Crippen molar-refractivity contribution in [3.8, 4) is 5.69 Å². The molecule has 0 saturated heterocycles. The van der Waals surface area contributed by atoms with Crippen LogP contribution in [0.5, 0.6) is 0 Å². The van der Waals surface area contributed by atoms with Gasteiger partial charge in [-0.2, -0.15) is 5.10 Å². The summed E-state index contributed by atoms with van der Waals surface area (Å²) < 4.78 is 41.3. The van der Waals surface area contributed by atoms with E-state index in [0.29, 0.717) is 6.42 Å². The third kappa shape index (κ3) is 3.87. The van der Waals surface area contributed by atoms with Crippen LogP contribution in [-0.2, 0) is 10.0 Å². The maximum absolute atomic E-state index is 13.6. The molecule has 8 heteroatoms. The van der Waals surface area contributed by atoms with Crippen LogP contribution in [-0.4, -0.2) is 30.8 Å². The number of rotatable bonds is 6. The van der Waals surface area contributed by atoms with Crippen molar-refractivity contribution in [1.82, 2.24) is 14.5 Å². The van der Waals surface area contributed by atoms with Crippen molar-refractivity contribution in [3.05, 3.63) is 42.5 Å². The van der Waals surface area contributed by atoms with E-state index in [1.807, 2.05) is 0 Å². The SMILES string of the molecule is CC(N)CCNS(=O)(=O)c1cnn(-c2ccccc2F)c1. The number of nitrogens with zero attached hydrogens (tertiary/aromatic N) is 2. The molecule has 21 heavy (non-hydrogen) atoms. The van der Waals surface area contributed by atoms with Crippen LogP contribution < -0.4 is 10.5 Å². The summed E-state index contributed by atoms with van der Waals surface area (Å²) in [6.07, 6.45) is 2.98. The lowest BCUT2D eigenvalue weighted by molar-refractivity contribution is 0.571. The monoisotopic (exact) mass is 312 g/mol. The van der Waals surface area contributed by atoms with E-state index in [1.54, 1.807) is 19.1 Å². The molecule has 2 rings (SSSR count). The fraction of sp³-hybridized carbons (Fsp3) is 0.308. The van der Waals surface area contributed by atoms with Crippen LogP contribution in [0.3, 0.4) is 0 Å². The van der Waals surface area contributed by atoms with Gasteiger partial charge in [-0.05, 0) is 25.5 Å². The molecule has 1 unspecified atom stereocenters. The minimum atomic E-state index is -3.67. The second kappa shape index (κ2) is 6.33. The second-order valence-electron chi connectivity index (χ2n) is 4.74. The third-order valence-corrected chi connectivity index (χ3v) is 4.28. The van der Waals surface area contributed by atoms with Gasteiger partial charge >= 0.3 is 0 Å². The predicted octanol–water partition coefficient (Wildman–Crippen LogP) is 1.03. The first-order chi connectivity index (χ1) is 9.90. The lowest BCUT2D eigenvalue weighted by Gasteiger charge is -2.06. The van der Waals surface area contributed by atoms with Crippen molar-refractivity contribution >= 4 is 10.0 Å². The maximum atomic E-state index is 13.6. The first kappa shape index (κ1) is 15.6. The molecule has 114 valence electrons. The maximum Gasteiger partial charge on any atom is 0.243 e. The molecule has 0 radical (unpaired) electrons. The molecule has 1 heterocycles. The summed E-state index contributed by atoms with van der Waals surface area (Å²) >= 11 is 0. The number of nitrogens with one attached hydrogen (secondary N) is 1. The van der Waals surface area contributed by atoms with Crippen LogP contribution >= 0.6 is 0 Å². The zero-order chi connectivity index (χ0) is 15.5. The number of hydrogen-bond acceptors (Lipinski definition) is 4. The van der Waals surface area contributed by atoms with E-state index in [1.165, 1.54) is 29.2 Å². The predicted molar refractivity (Wildman–Crippen MR) is 77.0 cm³/mol. The van der Waals surface area contributed by atoms with Gasteiger partial charge in [0.05, 0.1) is 12.4 Å². The topological polar surface area (TPSA) is 90.0 Å². The summed E-state index contributed by atoms with van der Waals surface area (Å²) in [6, 6.07) is 5.91. The Morgan fingerprint density at radius 1 is 1.43 bits per heavy atom. The Morgan fingerprint density at radius 3 is 2.81 bits per heavy atom. The molecule has 0 bridgehead atoms. The quantitative estimate of drug-likeness (QED) is 0.833. The normalized spacial score (nSPS) is 13.3. The number of benzene rings is 1. The number of para-hydroxylation sites is 1. The number of hydrogen-bond donors (Lipinski definition) is 2. The van der Waals surface area contributed by atoms with E-state index in [2.05, 4.69) is 9.82 Å². The Balaban J connectivity index is 2.18. The van der Waals surface area contributed by atoms with Gasteiger partial charge in [0, 0.05) is 12.6 Å². The fourth-order valence-corrected chi connectivity index (χ4v) is 2.70. The standard InChI is InChI=1S/C13H17FN4O2S/c1-10(15)6-7-17-21(19,20)11-8-16-18(9-11)13-5-3-2-4-12(13)14/h2-5,8-10,17H,6-7,15H2,1H3. The summed E-state index contributed by atoms with van der Waals surface area (Å²) in [5.74, 6) is -0.477. The zero-order valence-corrected chi connectivity index (χ0v) is 12.3. The van der Waals surface area contributed by atoms with Gasteiger partial charge in [-0.25, -0.2) is 22.2 Å². The van der Waals surface area contributed by atoms with Gasteiger partial charge in [0.15, 0.2) is 0 Å². The van der Waals surface area contributed by atoms with Gasteiger partial charge in [0.25, 0.3) is 0 Å². The van der Waals surface area contributed by atoms with Gasteiger partial charge in [0.1, 0.15) is 16.4 Å². The average Bonchev–Trinajstić information content (AvgIpc) is 2.88. The molecular formula is C13H17FN4O2S. The van der Waals surface area contributed by atoms with Gasteiger partial charge in [-0.1, -0.05) is 12.1 Å². The molecule has 1 aromatic heterocycles. The Kier molecular flexibility index (Phi) is 4.71. The van der Waals surface area contributed by atoms with Crippen molar-refractivity contribution in [3.63, 3.8) is 0 Å². The summed E-state index contributed by atoms with van der Waals surface area (Å²) in [5.41, 5.74) is 5.75. The minimum absolute atomic E-state index is 0.0181. The van der Waals surface area contributed by atoms with E-state index in [0.717, 1.165) is 0 Å². The van der Waals surface area contributed by atoms with Gasteiger partial charge < -0.3 is 5.73 Å². The number of halogens is 1. The smallest absolute Gasteiger partial charge is 0.243 e. The summed E-state index contributed by atoms with van der Waals surface area (Å²) in [5, 5.41) is 3.89.